The highest BCUT2D eigenvalue weighted by Gasteiger charge is 2.32. The van der Waals surface area contributed by atoms with Crippen molar-refractivity contribution in [2.45, 2.75) is 51.4 Å². The van der Waals surface area contributed by atoms with Gasteiger partial charge in [0.15, 0.2) is 0 Å². The summed E-state index contributed by atoms with van der Waals surface area (Å²) in [5.74, 6) is 0.929. The van der Waals surface area contributed by atoms with Crippen molar-refractivity contribution in [3.05, 3.63) is 29.6 Å². The molecule has 1 aliphatic rings. The normalized spacial score (nSPS) is 15.8. The maximum atomic E-state index is 11.6. The predicted octanol–water partition coefficient (Wildman–Crippen LogP) is 3.71. The molecule has 0 unspecified atom stereocenters. The summed E-state index contributed by atoms with van der Waals surface area (Å²) in [5, 5.41) is 1.28. The number of rotatable bonds is 4. The van der Waals surface area contributed by atoms with Gasteiger partial charge >= 0.3 is 0 Å². The summed E-state index contributed by atoms with van der Waals surface area (Å²) in [4.78, 5) is 16.1. The summed E-state index contributed by atoms with van der Waals surface area (Å²) >= 11 is 0. The van der Waals surface area contributed by atoms with Crippen LogP contribution in [0.15, 0.2) is 18.5 Å². The third-order valence-electron chi connectivity index (χ3n) is 4.33. The SMILES string of the molecule is CC(=O)CC(C)(C)c1cn(C)c2nccc(C3CC3)c12. The molecule has 3 rings (SSSR count). The molecule has 106 valence electrons. The van der Waals surface area contributed by atoms with E-state index in [9.17, 15) is 4.79 Å². The molecule has 0 radical (unpaired) electrons. The van der Waals surface area contributed by atoms with Crippen molar-refractivity contribution in [1.82, 2.24) is 9.55 Å². The van der Waals surface area contributed by atoms with Gasteiger partial charge in [-0.15, -0.1) is 0 Å². The minimum Gasteiger partial charge on any atom is -0.335 e. The number of aryl methyl sites for hydroxylation is 1. The third-order valence-corrected chi connectivity index (χ3v) is 4.33. The molecule has 0 atom stereocenters. The molecule has 3 heteroatoms. The quantitative estimate of drug-likeness (QED) is 0.849. The molecule has 3 nitrogen and oxygen atoms in total. The van der Waals surface area contributed by atoms with Gasteiger partial charge in [0.1, 0.15) is 11.4 Å². The van der Waals surface area contributed by atoms with Gasteiger partial charge < -0.3 is 4.57 Å². The van der Waals surface area contributed by atoms with Crippen LogP contribution in [-0.4, -0.2) is 15.3 Å². The summed E-state index contributed by atoms with van der Waals surface area (Å²) in [7, 11) is 2.04. The highest BCUT2D eigenvalue weighted by Crippen LogP contribution is 2.45. The fraction of sp³-hybridized carbons (Fsp3) is 0.529. The van der Waals surface area contributed by atoms with Crippen LogP contribution in [0.3, 0.4) is 0 Å². The second kappa shape index (κ2) is 4.44. The Hall–Kier alpha value is -1.64. The third kappa shape index (κ3) is 2.15. The van der Waals surface area contributed by atoms with Gasteiger partial charge in [-0.3, -0.25) is 4.79 Å². The monoisotopic (exact) mass is 270 g/mol. The van der Waals surface area contributed by atoms with Gasteiger partial charge in [0.05, 0.1) is 0 Å². The predicted molar refractivity (Wildman–Crippen MR) is 81.0 cm³/mol. The Morgan fingerprint density at radius 1 is 1.45 bits per heavy atom. The van der Waals surface area contributed by atoms with Crippen molar-refractivity contribution in [3.63, 3.8) is 0 Å². The van der Waals surface area contributed by atoms with Crippen LogP contribution < -0.4 is 0 Å². The van der Waals surface area contributed by atoms with Gasteiger partial charge in [-0.25, -0.2) is 4.98 Å². The first-order valence-electron chi connectivity index (χ1n) is 7.34. The van der Waals surface area contributed by atoms with E-state index >= 15 is 0 Å². The van der Waals surface area contributed by atoms with E-state index in [4.69, 9.17) is 0 Å². The van der Waals surface area contributed by atoms with Crippen LogP contribution in [0.25, 0.3) is 11.0 Å². The number of Topliss-reactive ketones (excluding diaryl/α,β-unsaturated/α-hetero) is 1. The van der Waals surface area contributed by atoms with E-state index in [1.807, 2.05) is 13.2 Å². The molecule has 0 saturated heterocycles. The van der Waals surface area contributed by atoms with Crippen molar-refractivity contribution in [1.29, 1.82) is 0 Å². The van der Waals surface area contributed by atoms with Crippen LogP contribution in [0.2, 0.25) is 0 Å². The lowest BCUT2D eigenvalue weighted by Crippen LogP contribution is -2.20. The Morgan fingerprint density at radius 2 is 2.15 bits per heavy atom. The molecule has 0 N–H and O–H groups in total. The average molecular weight is 270 g/mol. The van der Waals surface area contributed by atoms with E-state index in [-0.39, 0.29) is 11.2 Å². The number of aromatic nitrogens is 2. The van der Waals surface area contributed by atoms with Crippen LogP contribution in [-0.2, 0) is 17.3 Å². The van der Waals surface area contributed by atoms with E-state index in [1.165, 1.54) is 29.4 Å². The van der Waals surface area contributed by atoms with Gasteiger partial charge in [0.25, 0.3) is 0 Å². The first-order valence-corrected chi connectivity index (χ1v) is 7.34. The number of hydrogen-bond donors (Lipinski definition) is 0. The summed E-state index contributed by atoms with van der Waals surface area (Å²) in [5.41, 5.74) is 3.58. The minimum atomic E-state index is -0.141. The zero-order valence-electron chi connectivity index (χ0n) is 12.7. The molecular weight excluding hydrogens is 248 g/mol. The Bertz CT molecular complexity index is 678. The van der Waals surface area contributed by atoms with Crippen LogP contribution in [0.1, 0.15) is 57.1 Å². The van der Waals surface area contributed by atoms with Crippen LogP contribution in [0, 0.1) is 0 Å². The number of pyridine rings is 1. The van der Waals surface area contributed by atoms with Gasteiger partial charge in [-0.2, -0.15) is 0 Å². The Labute approximate surface area is 120 Å². The zero-order chi connectivity index (χ0) is 14.5. The first kappa shape index (κ1) is 13.3. The summed E-state index contributed by atoms with van der Waals surface area (Å²) < 4.78 is 2.10. The van der Waals surface area contributed by atoms with Crippen molar-refractivity contribution in [2.75, 3.05) is 0 Å². The molecule has 1 aliphatic carbocycles. The van der Waals surface area contributed by atoms with Gasteiger partial charge in [-0.1, -0.05) is 13.8 Å². The van der Waals surface area contributed by atoms with Crippen LogP contribution in [0.4, 0.5) is 0 Å². The first-order chi connectivity index (χ1) is 9.40. The number of hydrogen-bond acceptors (Lipinski definition) is 2. The fourth-order valence-electron chi connectivity index (χ4n) is 3.29. The van der Waals surface area contributed by atoms with Crippen molar-refractivity contribution in [2.24, 2.45) is 7.05 Å². The second-order valence-corrected chi connectivity index (χ2v) is 6.79. The van der Waals surface area contributed by atoms with E-state index in [0.29, 0.717) is 12.3 Å². The van der Waals surface area contributed by atoms with Crippen LogP contribution >= 0.6 is 0 Å². The molecule has 1 fully saturated rings. The largest absolute Gasteiger partial charge is 0.335 e. The number of fused-ring (bicyclic) bond motifs is 1. The van der Waals surface area contributed by atoms with Gasteiger partial charge in [0.2, 0.25) is 0 Å². The Balaban J connectivity index is 2.22. The molecular formula is C17H22N2O. The lowest BCUT2D eigenvalue weighted by molar-refractivity contribution is -0.118. The standard InChI is InChI=1S/C17H22N2O/c1-11(20)9-17(2,3)14-10-19(4)16-15(14)13(7-8-18-16)12-5-6-12/h7-8,10,12H,5-6,9H2,1-4H3. The van der Waals surface area contributed by atoms with Crippen LogP contribution in [0.5, 0.6) is 0 Å². The molecule has 1 saturated carbocycles. The van der Waals surface area contributed by atoms with E-state index < -0.39 is 0 Å². The molecule has 0 bridgehead atoms. The minimum absolute atomic E-state index is 0.141. The maximum absolute atomic E-state index is 11.6. The molecule has 0 aliphatic heterocycles. The maximum Gasteiger partial charge on any atom is 0.140 e. The lowest BCUT2D eigenvalue weighted by Gasteiger charge is -2.23. The van der Waals surface area contributed by atoms with Crippen molar-refractivity contribution < 1.29 is 4.79 Å². The zero-order valence-corrected chi connectivity index (χ0v) is 12.7. The highest BCUT2D eigenvalue weighted by atomic mass is 16.1. The molecule has 2 aromatic heterocycles. The lowest BCUT2D eigenvalue weighted by atomic mass is 9.79. The topological polar surface area (TPSA) is 34.9 Å². The number of carbonyl (C=O) groups is 1. The number of ketones is 1. The molecule has 2 aromatic rings. The summed E-state index contributed by atoms with van der Waals surface area (Å²) in [6.45, 7) is 5.99. The van der Waals surface area contributed by atoms with E-state index in [2.05, 4.69) is 35.7 Å². The number of carbonyl (C=O) groups excluding carboxylic acids is 1. The Morgan fingerprint density at radius 3 is 2.75 bits per heavy atom. The summed E-state index contributed by atoms with van der Waals surface area (Å²) in [6, 6.07) is 2.16. The molecule has 2 heterocycles. The van der Waals surface area contributed by atoms with E-state index in [1.54, 1.807) is 6.92 Å². The molecule has 20 heavy (non-hydrogen) atoms. The highest BCUT2D eigenvalue weighted by molar-refractivity contribution is 5.87. The fourth-order valence-corrected chi connectivity index (χ4v) is 3.29. The smallest absolute Gasteiger partial charge is 0.140 e. The van der Waals surface area contributed by atoms with Crippen molar-refractivity contribution >= 4 is 16.8 Å². The number of nitrogens with zero attached hydrogens (tertiary/aromatic N) is 2. The van der Waals surface area contributed by atoms with Crippen molar-refractivity contribution in [3.8, 4) is 0 Å². The molecule has 0 aromatic carbocycles. The summed E-state index contributed by atoms with van der Waals surface area (Å²) in [6.07, 6.45) is 7.20. The van der Waals surface area contributed by atoms with Gasteiger partial charge in [0, 0.05) is 31.2 Å². The molecule has 0 spiro atoms. The molecule has 0 amide bonds. The van der Waals surface area contributed by atoms with Gasteiger partial charge in [-0.05, 0) is 48.3 Å². The van der Waals surface area contributed by atoms with E-state index in [0.717, 1.165) is 5.65 Å². The average Bonchev–Trinajstić information content (AvgIpc) is 3.12. The second-order valence-electron chi connectivity index (χ2n) is 6.79. The Kier molecular flexibility index (Phi) is 2.96.